The molecule has 23 heavy (non-hydrogen) atoms. The quantitative estimate of drug-likeness (QED) is 0.606. The van der Waals surface area contributed by atoms with Gasteiger partial charge >= 0.3 is 0 Å². The first kappa shape index (κ1) is 15.9. The molecule has 0 aliphatic heterocycles. The summed E-state index contributed by atoms with van der Waals surface area (Å²) in [5.74, 6) is 0. The number of hydrogen-bond donors (Lipinski definition) is 0. The van der Waals surface area contributed by atoms with Crippen molar-refractivity contribution >= 4 is 15.9 Å². The van der Waals surface area contributed by atoms with Gasteiger partial charge in [0.05, 0.1) is 5.69 Å². The lowest BCUT2D eigenvalue weighted by atomic mass is 10.1. The van der Waals surface area contributed by atoms with E-state index in [1.54, 1.807) is 0 Å². The largest absolute Gasteiger partial charge is 0.289 e. The van der Waals surface area contributed by atoms with Crippen LogP contribution in [0.4, 0.5) is 0 Å². The number of hydrogen-bond acceptors (Lipinski definition) is 2. The summed E-state index contributed by atoms with van der Waals surface area (Å²) in [6.45, 7) is 2.65. The zero-order valence-electron chi connectivity index (χ0n) is 12.9. The number of halogens is 1. The maximum Gasteiger partial charge on any atom is 0.0545 e. The Labute approximate surface area is 145 Å². The van der Waals surface area contributed by atoms with Crippen LogP contribution in [0.1, 0.15) is 16.8 Å². The number of nitrogens with zero attached hydrogens (tertiary/aromatic N) is 2. The molecule has 3 rings (SSSR count). The summed E-state index contributed by atoms with van der Waals surface area (Å²) in [7, 11) is 0. The third-order valence-corrected chi connectivity index (χ3v) is 4.14. The minimum atomic E-state index is 0.830. The topological polar surface area (TPSA) is 16.1 Å². The molecule has 0 saturated carbocycles. The molecule has 1 heterocycles. The average molecular weight is 367 g/mol. The van der Waals surface area contributed by atoms with E-state index in [4.69, 9.17) is 0 Å². The molecule has 0 aliphatic rings. The normalized spacial score (nSPS) is 10.9. The van der Waals surface area contributed by atoms with Crippen LogP contribution >= 0.6 is 15.9 Å². The van der Waals surface area contributed by atoms with Gasteiger partial charge in [0.2, 0.25) is 0 Å². The van der Waals surface area contributed by atoms with Crippen LogP contribution in [0.2, 0.25) is 0 Å². The van der Waals surface area contributed by atoms with Crippen molar-refractivity contribution in [3.63, 3.8) is 0 Å². The second-order valence-corrected chi connectivity index (χ2v) is 6.50. The van der Waals surface area contributed by atoms with Gasteiger partial charge in [-0.25, -0.2) is 0 Å². The Morgan fingerprint density at radius 2 is 1.26 bits per heavy atom. The molecule has 0 spiro atoms. The fourth-order valence-electron chi connectivity index (χ4n) is 2.58. The molecule has 0 atom stereocenters. The van der Waals surface area contributed by atoms with Crippen LogP contribution in [0.3, 0.4) is 0 Å². The molecule has 2 aromatic carbocycles. The number of aromatic nitrogens is 1. The summed E-state index contributed by atoms with van der Waals surface area (Å²) < 4.78 is 1.01. The van der Waals surface area contributed by atoms with Crippen LogP contribution in [0.15, 0.2) is 83.5 Å². The maximum atomic E-state index is 4.51. The highest BCUT2D eigenvalue weighted by Crippen LogP contribution is 2.14. The third-order valence-electron chi connectivity index (χ3n) is 3.67. The Morgan fingerprint density at radius 1 is 0.696 bits per heavy atom. The van der Waals surface area contributed by atoms with Crippen molar-refractivity contribution in [3.05, 3.63) is 100 Å². The van der Waals surface area contributed by atoms with E-state index >= 15 is 0 Å². The highest BCUT2D eigenvalue weighted by Gasteiger charge is 2.09. The molecule has 0 amide bonds. The van der Waals surface area contributed by atoms with Crippen molar-refractivity contribution in [2.24, 2.45) is 0 Å². The summed E-state index contributed by atoms with van der Waals surface area (Å²) in [6.07, 6.45) is 1.86. The van der Waals surface area contributed by atoms with E-state index in [1.165, 1.54) is 11.1 Å². The predicted octanol–water partition coefficient (Wildman–Crippen LogP) is 5.05. The van der Waals surface area contributed by atoms with E-state index in [1.807, 2.05) is 12.3 Å². The fourth-order valence-corrected chi connectivity index (χ4v) is 2.81. The molecule has 1 aromatic heterocycles. The van der Waals surface area contributed by atoms with Gasteiger partial charge in [-0.3, -0.25) is 9.88 Å². The molecule has 0 aliphatic carbocycles. The smallest absolute Gasteiger partial charge is 0.0545 e. The third kappa shape index (κ3) is 5.02. The minimum absolute atomic E-state index is 0.830. The van der Waals surface area contributed by atoms with Crippen molar-refractivity contribution in [2.75, 3.05) is 0 Å². The van der Waals surface area contributed by atoms with Crippen molar-refractivity contribution in [3.8, 4) is 0 Å². The Bertz CT molecular complexity index is 670. The van der Waals surface area contributed by atoms with E-state index in [9.17, 15) is 0 Å². The molecule has 0 bridgehead atoms. The molecule has 2 nitrogen and oxygen atoms in total. The molecule has 3 aromatic rings. The average Bonchev–Trinajstić information content (AvgIpc) is 2.59. The van der Waals surface area contributed by atoms with Crippen LogP contribution in [0.25, 0.3) is 0 Å². The Morgan fingerprint density at radius 3 is 1.74 bits per heavy atom. The van der Waals surface area contributed by atoms with Crippen LogP contribution in [-0.4, -0.2) is 9.88 Å². The van der Waals surface area contributed by atoms with Crippen LogP contribution in [0.5, 0.6) is 0 Å². The molecular formula is C20H19BrN2. The van der Waals surface area contributed by atoms with Crippen molar-refractivity contribution in [1.29, 1.82) is 0 Å². The zero-order chi connectivity index (χ0) is 15.9. The summed E-state index contributed by atoms with van der Waals surface area (Å²) in [6, 6.07) is 25.3. The van der Waals surface area contributed by atoms with Gasteiger partial charge in [0.25, 0.3) is 0 Å². The lowest BCUT2D eigenvalue weighted by Crippen LogP contribution is -2.22. The Balaban J connectivity index is 1.76. The summed E-state index contributed by atoms with van der Waals surface area (Å²) in [5.41, 5.74) is 3.72. The van der Waals surface area contributed by atoms with Gasteiger partial charge in [-0.2, -0.15) is 0 Å². The van der Waals surface area contributed by atoms with Crippen LogP contribution < -0.4 is 0 Å². The number of benzene rings is 2. The molecule has 3 heteroatoms. The summed E-state index contributed by atoms with van der Waals surface area (Å²) >= 11 is 3.44. The SMILES string of the molecule is Brc1ccc(CN(Cc2ccccc2)Cc2ccccc2)nc1. The van der Waals surface area contributed by atoms with Crippen molar-refractivity contribution < 1.29 is 0 Å². The fraction of sp³-hybridized carbons (Fsp3) is 0.150. The van der Waals surface area contributed by atoms with Crippen molar-refractivity contribution in [1.82, 2.24) is 9.88 Å². The molecule has 0 saturated heterocycles. The number of pyridine rings is 1. The molecule has 0 N–H and O–H groups in total. The van der Waals surface area contributed by atoms with Crippen molar-refractivity contribution in [2.45, 2.75) is 19.6 Å². The monoisotopic (exact) mass is 366 g/mol. The molecule has 0 fully saturated rings. The minimum Gasteiger partial charge on any atom is -0.289 e. The summed E-state index contributed by atoms with van der Waals surface area (Å²) in [5, 5.41) is 0. The lowest BCUT2D eigenvalue weighted by molar-refractivity contribution is 0.244. The van der Waals surface area contributed by atoms with Gasteiger partial charge in [0.15, 0.2) is 0 Å². The second-order valence-electron chi connectivity index (χ2n) is 5.58. The first-order chi connectivity index (χ1) is 11.3. The van der Waals surface area contributed by atoms with E-state index < -0.39 is 0 Å². The van der Waals surface area contributed by atoms with Gasteiger partial charge in [0.1, 0.15) is 0 Å². The van der Waals surface area contributed by atoms with E-state index in [0.29, 0.717) is 0 Å². The van der Waals surface area contributed by atoms with Crippen LogP contribution in [0, 0.1) is 0 Å². The maximum absolute atomic E-state index is 4.51. The van der Waals surface area contributed by atoms with Gasteiger partial charge in [-0.05, 0) is 39.2 Å². The first-order valence-electron chi connectivity index (χ1n) is 7.70. The highest BCUT2D eigenvalue weighted by atomic mass is 79.9. The molecule has 0 unspecified atom stereocenters. The van der Waals surface area contributed by atoms with E-state index in [0.717, 1.165) is 29.8 Å². The Kier molecular flexibility index (Phi) is 5.56. The number of rotatable bonds is 6. The standard InChI is InChI=1S/C20H19BrN2/c21-19-11-12-20(22-13-19)16-23(14-17-7-3-1-4-8-17)15-18-9-5-2-6-10-18/h1-13H,14-16H2. The van der Waals surface area contributed by atoms with Crippen LogP contribution in [-0.2, 0) is 19.6 Å². The zero-order valence-corrected chi connectivity index (χ0v) is 14.5. The molecule has 0 radical (unpaired) electrons. The second kappa shape index (κ2) is 8.04. The first-order valence-corrected chi connectivity index (χ1v) is 8.49. The van der Waals surface area contributed by atoms with E-state index in [-0.39, 0.29) is 0 Å². The predicted molar refractivity (Wildman–Crippen MR) is 97.8 cm³/mol. The molecule has 116 valence electrons. The van der Waals surface area contributed by atoms with Gasteiger partial charge in [-0.15, -0.1) is 0 Å². The van der Waals surface area contributed by atoms with Gasteiger partial charge in [-0.1, -0.05) is 60.7 Å². The summed E-state index contributed by atoms with van der Waals surface area (Å²) in [4.78, 5) is 6.93. The van der Waals surface area contributed by atoms with Gasteiger partial charge in [0, 0.05) is 30.3 Å². The Hall–Kier alpha value is -1.97. The highest BCUT2D eigenvalue weighted by molar-refractivity contribution is 9.10. The van der Waals surface area contributed by atoms with Gasteiger partial charge < -0.3 is 0 Å². The lowest BCUT2D eigenvalue weighted by Gasteiger charge is -2.22. The van der Waals surface area contributed by atoms with E-state index in [2.05, 4.69) is 92.5 Å². The molecular weight excluding hydrogens is 348 g/mol.